The molecule has 0 aromatic carbocycles. The first kappa shape index (κ1) is 12.9. The number of terminal acetylenes is 1. The van der Waals surface area contributed by atoms with Crippen LogP contribution in [0.5, 0.6) is 5.75 Å². The normalized spacial score (nSPS) is 9.47. The second kappa shape index (κ2) is 6.42. The van der Waals surface area contributed by atoms with Crippen molar-refractivity contribution in [2.24, 2.45) is 0 Å². The lowest BCUT2D eigenvalue weighted by atomic mass is 10.3. The van der Waals surface area contributed by atoms with E-state index in [1.165, 1.54) is 6.07 Å². The second-order valence-electron chi connectivity index (χ2n) is 3.37. The van der Waals surface area contributed by atoms with E-state index in [0.29, 0.717) is 25.4 Å². The Bertz CT molecular complexity index is 528. The molecule has 1 rings (SSSR count). The van der Waals surface area contributed by atoms with Crippen molar-refractivity contribution in [2.45, 2.75) is 13.5 Å². The minimum atomic E-state index is -0.464. The van der Waals surface area contributed by atoms with Gasteiger partial charge in [-0.3, -0.25) is 9.69 Å². The first-order valence-electron chi connectivity index (χ1n) is 5.03. The van der Waals surface area contributed by atoms with E-state index in [1.807, 2.05) is 4.90 Å². The molecule has 88 valence electrons. The van der Waals surface area contributed by atoms with Crippen LogP contribution in [0.2, 0.25) is 0 Å². The van der Waals surface area contributed by atoms with Crippen LogP contribution in [0, 0.1) is 24.2 Å². The van der Waals surface area contributed by atoms with Crippen LogP contribution in [0.4, 0.5) is 0 Å². The van der Waals surface area contributed by atoms with Crippen molar-refractivity contribution in [2.75, 3.05) is 13.1 Å². The maximum absolute atomic E-state index is 11.2. The first-order chi connectivity index (χ1) is 8.17. The van der Waals surface area contributed by atoms with Crippen LogP contribution in [-0.2, 0) is 6.54 Å². The lowest BCUT2D eigenvalue weighted by Gasteiger charge is -2.15. The highest BCUT2D eigenvalue weighted by Gasteiger charge is 2.07. The highest BCUT2D eigenvalue weighted by Crippen LogP contribution is 2.06. The van der Waals surface area contributed by atoms with E-state index in [0.717, 1.165) is 6.26 Å². The molecule has 0 aliphatic heterocycles. The van der Waals surface area contributed by atoms with Gasteiger partial charge in [0, 0.05) is 6.07 Å². The summed E-state index contributed by atoms with van der Waals surface area (Å²) in [5, 5.41) is 9.05. The summed E-state index contributed by atoms with van der Waals surface area (Å²) in [7, 11) is 0. The molecule has 1 heterocycles. The van der Waals surface area contributed by atoms with Gasteiger partial charge in [0.1, 0.15) is 12.0 Å². The molecule has 17 heavy (non-hydrogen) atoms. The molecular formula is C13H13NO3. The molecule has 1 N–H and O–H groups in total. The average Bonchev–Trinajstić information content (AvgIpc) is 2.31. The lowest BCUT2D eigenvalue weighted by molar-refractivity contribution is 0.294. The molecule has 4 heteroatoms. The van der Waals surface area contributed by atoms with E-state index in [1.54, 1.807) is 6.92 Å². The molecule has 0 fully saturated rings. The van der Waals surface area contributed by atoms with Crippen molar-refractivity contribution in [3.8, 4) is 29.9 Å². The molecule has 4 nitrogen and oxygen atoms in total. The quantitative estimate of drug-likeness (QED) is 0.779. The third-order valence-corrected chi connectivity index (χ3v) is 2.04. The standard InChI is InChI=1S/C13H13NO3/c1-3-5-7-14(6-4-2)9-11-8-12(15)13(16)10-17-11/h2,8,10,16H,6-7,9H2,1H3. The van der Waals surface area contributed by atoms with Crippen molar-refractivity contribution in [1.82, 2.24) is 4.90 Å². The number of rotatable bonds is 4. The van der Waals surface area contributed by atoms with Crippen molar-refractivity contribution < 1.29 is 9.52 Å². The lowest BCUT2D eigenvalue weighted by Crippen LogP contribution is -2.24. The monoisotopic (exact) mass is 231 g/mol. The zero-order valence-electron chi connectivity index (χ0n) is 9.56. The van der Waals surface area contributed by atoms with Crippen LogP contribution in [0.15, 0.2) is 21.5 Å². The predicted octanol–water partition coefficient (Wildman–Crippen LogP) is 0.804. The molecule has 0 unspecified atom stereocenters. The summed E-state index contributed by atoms with van der Waals surface area (Å²) in [5.41, 5.74) is -0.464. The molecule has 0 aliphatic carbocycles. The molecule has 0 amide bonds. The van der Waals surface area contributed by atoms with Crippen molar-refractivity contribution in [1.29, 1.82) is 0 Å². The maximum Gasteiger partial charge on any atom is 0.226 e. The molecule has 1 aromatic rings. The maximum atomic E-state index is 11.2. The Morgan fingerprint density at radius 2 is 2.29 bits per heavy atom. The highest BCUT2D eigenvalue weighted by molar-refractivity contribution is 5.15. The minimum Gasteiger partial charge on any atom is -0.502 e. The van der Waals surface area contributed by atoms with E-state index in [4.69, 9.17) is 15.9 Å². The fraction of sp³-hybridized carbons (Fsp3) is 0.308. The van der Waals surface area contributed by atoms with E-state index >= 15 is 0 Å². The van der Waals surface area contributed by atoms with Gasteiger partial charge in [-0.2, -0.15) is 0 Å². The van der Waals surface area contributed by atoms with Crippen LogP contribution < -0.4 is 5.43 Å². The summed E-state index contributed by atoms with van der Waals surface area (Å²) in [4.78, 5) is 13.0. The number of hydrogen-bond donors (Lipinski definition) is 1. The Hall–Kier alpha value is -2.17. The second-order valence-corrected chi connectivity index (χ2v) is 3.37. The fourth-order valence-electron chi connectivity index (χ4n) is 1.23. The highest BCUT2D eigenvalue weighted by atomic mass is 16.4. The Morgan fingerprint density at radius 1 is 1.53 bits per heavy atom. The third kappa shape index (κ3) is 4.06. The molecule has 0 saturated carbocycles. The first-order valence-corrected chi connectivity index (χ1v) is 5.03. The van der Waals surface area contributed by atoms with E-state index in [-0.39, 0.29) is 0 Å². The van der Waals surface area contributed by atoms with Gasteiger partial charge in [-0.05, 0) is 6.92 Å². The minimum absolute atomic E-state index is 0.383. The molecular weight excluding hydrogens is 218 g/mol. The third-order valence-electron chi connectivity index (χ3n) is 2.04. The molecule has 0 bridgehead atoms. The van der Waals surface area contributed by atoms with Crippen LogP contribution in [-0.4, -0.2) is 23.1 Å². The van der Waals surface area contributed by atoms with E-state index in [9.17, 15) is 4.79 Å². The van der Waals surface area contributed by atoms with Gasteiger partial charge < -0.3 is 9.52 Å². The van der Waals surface area contributed by atoms with Gasteiger partial charge in [-0.25, -0.2) is 0 Å². The predicted molar refractivity (Wildman–Crippen MR) is 64.2 cm³/mol. The van der Waals surface area contributed by atoms with Gasteiger partial charge >= 0.3 is 0 Å². The van der Waals surface area contributed by atoms with E-state index < -0.39 is 11.2 Å². The van der Waals surface area contributed by atoms with Gasteiger partial charge in [-0.15, -0.1) is 12.3 Å². The smallest absolute Gasteiger partial charge is 0.226 e. The number of hydrogen-bond acceptors (Lipinski definition) is 4. The zero-order valence-corrected chi connectivity index (χ0v) is 9.56. The van der Waals surface area contributed by atoms with Gasteiger partial charge in [0.05, 0.1) is 19.6 Å². The Labute approximate surface area is 99.9 Å². The molecule has 0 saturated heterocycles. The van der Waals surface area contributed by atoms with Gasteiger partial charge in [0.25, 0.3) is 0 Å². The van der Waals surface area contributed by atoms with Crippen molar-refractivity contribution >= 4 is 0 Å². The SMILES string of the molecule is C#CCN(CC#CC)Cc1cc(=O)c(O)co1. The van der Waals surface area contributed by atoms with Crippen LogP contribution >= 0.6 is 0 Å². The van der Waals surface area contributed by atoms with Crippen molar-refractivity contribution in [3.63, 3.8) is 0 Å². The molecule has 0 aliphatic rings. The summed E-state index contributed by atoms with van der Waals surface area (Å²) in [5.74, 6) is 8.22. The van der Waals surface area contributed by atoms with Gasteiger partial charge in [-0.1, -0.05) is 11.8 Å². The molecule has 0 spiro atoms. The summed E-state index contributed by atoms with van der Waals surface area (Å²) < 4.78 is 5.09. The Balaban J connectivity index is 2.77. The number of nitrogens with zero attached hydrogens (tertiary/aromatic N) is 1. The van der Waals surface area contributed by atoms with Crippen LogP contribution in [0.1, 0.15) is 12.7 Å². The molecule has 1 aromatic heterocycles. The van der Waals surface area contributed by atoms with Gasteiger partial charge in [0.15, 0.2) is 5.75 Å². The van der Waals surface area contributed by atoms with Crippen LogP contribution in [0.3, 0.4) is 0 Å². The fourth-order valence-corrected chi connectivity index (χ4v) is 1.23. The molecule has 0 atom stereocenters. The largest absolute Gasteiger partial charge is 0.502 e. The Kier molecular flexibility index (Phi) is 4.87. The summed E-state index contributed by atoms with van der Waals surface area (Å²) >= 11 is 0. The zero-order chi connectivity index (χ0) is 12.7. The van der Waals surface area contributed by atoms with Crippen LogP contribution in [0.25, 0.3) is 0 Å². The summed E-state index contributed by atoms with van der Waals surface area (Å²) in [6, 6.07) is 1.25. The summed E-state index contributed by atoms with van der Waals surface area (Å²) in [6.45, 7) is 3.05. The number of aromatic hydroxyl groups is 1. The van der Waals surface area contributed by atoms with Crippen molar-refractivity contribution in [3.05, 3.63) is 28.3 Å². The average molecular weight is 231 g/mol. The Morgan fingerprint density at radius 3 is 2.88 bits per heavy atom. The molecule has 0 radical (unpaired) electrons. The topological polar surface area (TPSA) is 53.7 Å². The van der Waals surface area contributed by atoms with Gasteiger partial charge in [0.2, 0.25) is 5.43 Å². The van der Waals surface area contributed by atoms with E-state index in [2.05, 4.69) is 17.8 Å². The summed E-state index contributed by atoms with van der Waals surface area (Å²) in [6.07, 6.45) is 6.26.